The van der Waals surface area contributed by atoms with Gasteiger partial charge in [0.25, 0.3) is 0 Å². The fourth-order valence-corrected chi connectivity index (χ4v) is 4.34. The molecule has 0 aliphatic heterocycles. The predicted octanol–water partition coefficient (Wildman–Crippen LogP) is 3.82. The van der Waals surface area contributed by atoms with Crippen LogP contribution in [0.2, 0.25) is 0 Å². The Kier molecular flexibility index (Phi) is 13.6. The van der Waals surface area contributed by atoms with Crippen LogP contribution in [0.4, 0.5) is 4.79 Å². The van der Waals surface area contributed by atoms with Crippen molar-refractivity contribution >= 4 is 23.9 Å². The van der Waals surface area contributed by atoms with Crippen molar-refractivity contribution in [1.82, 2.24) is 10.2 Å². The molecule has 230 valence electrons. The Labute approximate surface area is 247 Å². The van der Waals surface area contributed by atoms with Crippen molar-refractivity contribution in [3.8, 4) is 11.5 Å². The number of rotatable bonds is 16. The van der Waals surface area contributed by atoms with E-state index >= 15 is 0 Å². The van der Waals surface area contributed by atoms with Crippen LogP contribution < -0.4 is 20.5 Å². The minimum atomic E-state index is -0.988. The highest BCUT2D eigenvalue weighted by molar-refractivity contribution is 5.90. The van der Waals surface area contributed by atoms with Crippen LogP contribution in [0.1, 0.15) is 51.7 Å². The van der Waals surface area contributed by atoms with Gasteiger partial charge in [0.1, 0.15) is 30.2 Å². The molecule has 3 N–H and O–H groups in total. The lowest BCUT2D eigenvalue weighted by molar-refractivity contribution is -0.156. The highest BCUT2D eigenvalue weighted by Crippen LogP contribution is 2.29. The van der Waals surface area contributed by atoms with Gasteiger partial charge >= 0.3 is 12.1 Å². The van der Waals surface area contributed by atoms with E-state index in [1.165, 1.54) is 19.1 Å². The molecule has 0 fully saturated rings. The van der Waals surface area contributed by atoms with Crippen molar-refractivity contribution in [2.75, 3.05) is 20.8 Å². The van der Waals surface area contributed by atoms with E-state index in [1.54, 1.807) is 32.0 Å². The number of carbonyl (C=O) groups excluding carboxylic acids is 4. The summed E-state index contributed by atoms with van der Waals surface area (Å²) in [6.45, 7) is 7.54. The molecule has 0 saturated carbocycles. The first-order chi connectivity index (χ1) is 20.0. The lowest BCUT2D eigenvalue weighted by Gasteiger charge is -2.36. The molecular weight excluding hydrogens is 542 g/mol. The summed E-state index contributed by atoms with van der Waals surface area (Å²) in [6.07, 6.45) is -0.0735. The Morgan fingerprint density at radius 2 is 1.64 bits per heavy atom. The van der Waals surface area contributed by atoms with Gasteiger partial charge < -0.3 is 34.9 Å². The molecule has 0 saturated heterocycles. The van der Waals surface area contributed by atoms with Crippen LogP contribution in [0.15, 0.2) is 48.5 Å². The van der Waals surface area contributed by atoms with Gasteiger partial charge in [0.2, 0.25) is 11.8 Å². The fourth-order valence-electron chi connectivity index (χ4n) is 4.34. The maximum Gasteiger partial charge on any atom is 0.408 e. The number of amides is 3. The number of carbonyl (C=O) groups is 4. The molecule has 42 heavy (non-hydrogen) atoms. The number of hydrogen-bond donors (Lipinski definition) is 2. The molecular formula is C31H43N3O8. The van der Waals surface area contributed by atoms with Crippen LogP contribution in [-0.4, -0.2) is 61.7 Å². The summed E-state index contributed by atoms with van der Waals surface area (Å²) in [5.74, 6) is -1.15. The number of hydrogen-bond acceptors (Lipinski definition) is 8. The zero-order chi connectivity index (χ0) is 31.2. The Morgan fingerprint density at radius 1 is 0.952 bits per heavy atom. The second-order valence-corrected chi connectivity index (χ2v) is 10.5. The molecule has 0 aromatic heterocycles. The third-order valence-electron chi connectivity index (χ3n) is 6.55. The molecule has 3 amide bonds. The topological polar surface area (TPSA) is 146 Å². The number of alkyl carbamates (subject to hydrolysis) is 1. The summed E-state index contributed by atoms with van der Waals surface area (Å²) in [5.41, 5.74) is 6.60. The van der Waals surface area contributed by atoms with E-state index in [4.69, 9.17) is 24.7 Å². The standard InChI is InChI=1S/C31H43N3O8/c1-20(2)27(33-31(38)42-19-22-11-8-7-9-12-22)29(36)34(28(21(3)4)30(37)40-6)18-23-14-15-24(17-25(23)39-5)41-16-10-13-26(32)35/h7-9,11-12,14-15,17,20-21,27-28H,10,13,16,18-19H2,1-6H3,(H2,32,35)(H,33,38)/t27-,28-/m0/s1. The molecule has 0 unspecified atom stereocenters. The largest absolute Gasteiger partial charge is 0.496 e. The Hall–Kier alpha value is -4.28. The molecule has 0 spiro atoms. The number of methoxy groups -OCH3 is 2. The molecule has 0 aliphatic carbocycles. The number of nitrogens with one attached hydrogen (secondary N) is 1. The monoisotopic (exact) mass is 585 g/mol. The van der Waals surface area contributed by atoms with Crippen LogP contribution in [-0.2, 0) is 37.0 Å². The zero-order valence-electron chi connectivity index (χ0n) is 25.3. The first-order valence-electron chi connectivity index (χ1n) is 13.9. The second kappa shape index (κ2) is 16.9. The van der Waals surface area contributed by atoms with Crippen LogP contribution in [0.25, 0.3) is 0 Å². The SMILES string of the molecule is COC(=O)[C@H](C(C)C)N(Cc1ccc(OCCCC(N)=O)cc1OC)C(=O)[C@@H](NC(=O)OCc1ccccc1)C(C)C. The number of nitrogens with two attached hydrogens (primary N) is 1. The average molecular weight is 586 g/mol. The number of ether oxygens (including phenoxy) is 4. The zero-order valence-corrected chi connectivity index (χ0v) is 25.3. The molecule has 0 radical (unpaired) electrons. The Bertz CT molecular complexity index is 1190. The molecule has 2 rings (SSSR count). The van der Waals surface area contributed by atoms with Gasteiger partial charge in [-0.05, 0) is 36.0 Å². The molecule has 0 aliphatic rings. The average Bonchev–Trinajstić information content (AvgIpc) is 2.96. The van der Waals surface area contributed by atoms with E-state index in [2.05, 4.69) is 5.32 Å². The molecule has 2 aromatic rings. The van der Waals surface area contributed by atoms with E-state index < -0.39 is 36.0 Å². The summed E-state index contributed by atoms with van der Waals surface area (Å²) in [6, 6.07) is 12.4. The van der Waals surface area contributed by atoms with E-state index in [0.29, 0.717) is 23.5 Å². The summed E-state index contributed by atoms with van der Waals surface area (Å²) < 4.78 is 21.7. The van der Waals surface area contributed by atoms with Gasteiger partial charge in [-0.25, -0.2) is 9.59 Å². The summed E-state index contributed by atoms with van der Waals surface area (Å²) in [4.78, 5) is 52.2. The molecule has 11 heteroatoms. The van der Waals surface area contributed by atoms with Gasteiger partial charge in [0.15, 0.2) is 0 Å². The van der Waals surface area contributed by atoms with Crippen molar-refractivity contribution in [2.45, 2.75) is 65.8 Å². The molecule has 2 aromatic carbocycles. The quantitative estimate of drug-likeness (QED) is 0.223. The third-order valence-corrected chi connectivity index (χ3v) is 6.55. The van der Waals surface area contributed by atoms with Crippen LogP contribution in [0, 0.1) is 11.8 Å². The highest BCUT2D eigenvalue weighted by Gasteiger charge is 2.38. The van der Waals surface area contributed by atoms with Gasteiger partial charge in [-0.15, -0.1) is 0 Å². The number of nitrogens with zero attached hydrogens (tertiary/aromatic N) is 1. The van der Waals surface area contributed by atoms with E-state index in [1.807, 2.05) is 44.2 Å². The van der Waals surface area contributed by atoms with E-state index in [-0.39, 0.29) is 38.0 Å². The third kappa shape index (κ3) is 10.3. The smallest absolute Gasteiger partial charge is 0.408 e. The van der Waals surface area contributed by atoms with Crippen LogP contribution >= 0.6 is 0 Å². The maximum atomic E-state index is 14.1. The van der Waals surface area contributed by atoms with E-state index in [9.17, 15) is 19.2 Å². The molecule has 11 nitrogen and oxygen atoms in total. The predicted molar refractivity (Wildman–Crippen MR) is 156 cm³/mol. The van der Waals surface area contributed by atoms with Gasteiger partial charge in [0.05, 0.1) is 27.4 Å². The Morgan fingerprint density at radius 3 is 2.21 bits per heavy atom. The van der Waals surface area contributed by atoms with Crippen molar-refractivity contribution in [2.24, 2.45) is 17.6 Å². The second-order valence-electron chi connectivity index (χ2n) is 10.5. The van der Waals surface area contributed by atoms with Gasteiger partial charge in [-0.3, -0.25) is 9.59 Å². The van der Waals surface area contributed by atoms with Crippen molar-refractivity contribution < 1.29 is 38.1 Å². The normalized spacial score (nSPS) is 12.3. The van der Waals surface area contributed by atoms with Gasteiger partial charge in [0, 0.05) is 18.1 Å². The lowest BCUT2D eigenvalue weighted by atomic mass is 9.97. The van der Waals surface area contributed by atoms with Crippen molar-refractivity contribution in [3.63, 3.8) is 0 Å². The van der Waals surface area contributed by atoms with Gasteiger partial charge in [-0.2, -0.15) is 0 Å². The lowest BCUT2D eigenvalue weighted by Crippen LogP contribution is -2.56. The summed E-state index contributed by atoms with van der Waals surface area (Å²) >= 11 is 0. The van der Waals surface area contributed by atoms with Gasteiger partial charge in [-0.1, -0.05) is 58.0 Å². The molecule has 2 atom stereocenters. The van der Waals surface area contributed by atoms with E-state index in [0.717, 1.165) is 5.56 Å². The first kappa shape index (κ1) is 33.9. The van der Waals surface area contributed by atoms with Crippen LogP contribution in [0.5, 0.6) is 11.5 Å². The molecule has 0 heterocycles. The fraction of sp³-hybridized carbons (Fsp3) is 0.484. The minimum Gasteiger partial charge on any atom is -0.496 e. The summed E-state index contributed by atoms with van der Waals surface area (Å²) in [7, 11) is 2.76. The molecule has 0 bridgehead atoms. The number of primary amides is 1. The van der Waals surface area contributed by atoms with Crippen LogP contribution in [0.3, 0.4) is 0 Å². The van der Waals surface area contributed by atoms with Crippen molar-refractivity contribution in [3.05, 3.63) is 59.7 Å². The van der Waals surface area contributed by atoms with Crippen molar-refractivity contribution in [1.29, 1.82) is 0 Å². The first-order valence-corrected chi connectivity index (χ1v) is 13.9. The summed E-state index contributed by atoms with van der Waals surface area (Å²) in [5, 5.41) is 2.69. The number of benzene rings is 2. The highest BCUT2D eigenvalue weighted by atomic mass is 16.5. The maximum absolute atomic E-state index is 14.1. The minimum absolute atomic E-state index is 0.00806. The number of esters is 1. The Balaban J connectivity index is 2.33.